The van der Waals surface area contributed by atoms with Crippen molar-refractivity contribution in [2.45, 2.75) is 25.5 Å². The maximum atomic E-state index is 13.5. The van der Waals surface area contributed by atoms with Crippen LogP contribution >= 0.6 is 23.4 Å². The van der Waals surface area contributed by atoms with Crippen molar-refractivity contribution in [3.63, 3.8) is 0 Å². The molecule has 0 aliphatic carbocycles. The van der Waals surface area contributed by atoms with Gasteiger partial charge in [0.2, 0.25) is 0 Å². The molecule has 1 saturated heterocycles. The standard InChI is InChI=1S/C14H19ClFNOS/c1-2-17-12(13-9-19-7-6-18-13)8-10-4-3-5-11(16)14(10)15/h3-5,12-13,17H,2,6-9H2,1H3. The molecule has 1 heterocycles. The average molecular weight is 304 g/mol. The maximum absolute atomic E-state index is 13.5. The van der Waals surface area contributed by atoms with E-state index in [2.05, 4.69) is 12.2 Å². The molecule has 1 N–H and O–H groups in total. The Labute approximate surface area is 123 Å². The maximum Gasteiger partial charge on any atom is 0.142 e. The van der Waals surface area contributed by atoms with E-state index in [1.165, 1.54) is 6.07 Å². The summed E-state index contributed by atoms with van der Waals surface area (Å²) in [6.07, 6.45) is 0.855. The molecule has 1 aromatic rings. The van der Waals surface area contributed by atoms with Crippen LogP contribution in [-0.2, 0) is 11.2 Å². The number of likely N-dealkylation sites (N-methyl/N-ethyl adjacent to an activating group) is 1. The van der Waals surface area contributed by atoms with Crippen molar-refractivity contribution in [1.82, 2.24) is 5.32 Å². The van der Waals surface area contributed by atoms with E-state index in [1.807, 2.05) is 17.8 Å². The van der Waals surface area contributed by atoms with Crippen molar-refractivity contribution in [2.24, 2.45) is 0 Å². The Kier molecular flexibility index (Phi) is 5.95. The molecule has 19 heavy (non-hydrogen) atoms. The monoisotopic (exact) mass is 303 g/mol. The first-order chi connectivity index (χ1) is 9.22. The third-order valence-electron chi connectivity index (χ3n) is 3.23. The van der Waals surface area contributed by atoms with Gasteiger partial charge in [0.15, 0.2) is 0 Å². The second-order valence-electron chi connectivity index (χ2n) is 4.57. The minimum absolute atomic E-state index is 0.165. The van der Waals surface area contributed by atoms with Gasteiger partial charge in [0, 0.05) is 17.5 Å². The molecule has 2 unspecified atom stereocenters. The summed E-state index contributed by atoms with van der Waals surface area (Å²) in [5, 5.41) is 3.66. The lowest BCUT2D eigenvalue weighted by Gasteiger charge is -2.31. The van der Waals surface area contributed by atoms with Gasteiger partial charge in [-0.2, -0.15) is 11.8 Å². The first-order valence-electron chi connectivity index (χ1n) is 6.58. The zero-order chi connectivity index (χ0) is 13.7. The van der Waals surface area contributed by atoms with Gasteiger partial charge in [-0.15, -0.1) is 0 Å². The minimum Gasteiger partial charge on any atom is -0.375 e. The highest BCUT2D eigenvalue weighted by atomic mass is 35.5. The van der Waals surface area contributed by atoms with Gasteiger partial charge in [0.05, 0.1) is 17.7 Å². The van der Waals surface area contributed by atoms with Crippen molar-refractivity contribution < 1.29 is 9.13 Å². The van der Waals surface area contributed by atoms with Gasteiger partial charge in [-0.05, 0) is 24.6 Å². The zero-order valence-electron chi connectivity index (χ0n) is 11.0. The van der Waals surface area contributed by atoms with E-state index in [-0.39, 0.29) is 23.0 Å². The van der Waals surface area contributed by atoms with Gasteiger partial charge in [-0.1, -0.05) is 30.7 Å². The van der Waals surface area contributed by atoms with Crippen LogP contribution in [0.3, 0.4) is 0 Å². The van der Waals surface area contributed by atoms with Gasteiger partial charge < -0.3 is 10.1 Å². The van der Waals surface area contributed by atoms with E-state index in [0.29, 0.717) is 6.42 Å². The van der Waals surface area contributed by atoms with Gasteiger partial charge >= 0.3 is 0 Å². The molecule has 0 aromatic heterocycles. The molecule has 2 nitrogen and oxygen atoms in total. The number of ether oxygens (including phenoxy) is 1. The van der Waals surface area contributed by atoms with Crippen molar-refractivity contribution >= 4 is 23.4 Å². The van der Waals surface area contributed by atoms with Crippen LogP contribution < -0.4 is 5.32 Å². The molecular formula is C14H19ClFNOS. The van der Waals surface area contributed by atoms with Crippen molar-refractivity contribution in [1.29, 1.82) is 0 Å². The highest BCUT2D eigenvalue weighted by Crippen LogP contribution is 2.24. The molecule has 0 spiro atoms. The van der Waals surface area contributed by atoms with E-state index >= 15 is 0 Å². The van der Waals surface area contributed by atoms with E-state index in [1.54, 1.807) is 6.07 Å². The number of rotatable bonds is 5. The van der Waals surface area contributed by atoms with Crippen molar-refractivity contribution in [3.05, 3.63) is 34.6 Å². The predicted octanol–water partition coefficient (Wildman–Crippen LogP) is 3.13. The van der Waals surface area contributed by atoms with Gasteiger partial charge in [0.25, 0.3) is 0 Å². The second-order valence-corrected chi connectivity index (χ2v) is 6.09. The summed E-state index contributed by atoms with van der Waals surface area (Å²) in [4.78, 5) is 0. The molecule has 1 aliphatic rings. The Morgan fingerprint density at radius 2 is 2.42 bits per heavy atom. The average Bonchev–Trinajstić information content (AvgIpc) is 2.44. The smallest absolute Gasteiger partial charge is 0.142 e. The molecular weight excluding hydrogens is 285 g/mol. The molecule has 1 aliphatic heterocycles. The molecule has 0 radical (unpaired) electrons. The largest absolute Gasteiger partial charge is 0.375 e. The van der Waals surface area contributed by atoms with Crippen LogP contribution in [0.1, 0.15) is 12.5 Å². The third-order valence-corrected chi connectivity index (χ3v) is 4.67. The quantitative estimate of drug-likeness (QED) is 0.903. The summed E-state index contributed by atoms with van der Waals surface area (Å²) in [6, 6.07) is 5.15. The third kappa shape index (κ3) is 4.09. The van der Waals surface area contributed by atoms with Crippen LogP contribution in [0.25, 0.3) is 0 Å². The van der Waals surface area contributed by atoms with Crippen molar-refractivity contribution in [2.75, 3.05) is 24.7 Å². The van der Waals surface area contributed by atoms with Crippen LogP contribution in [0.4, 0.5) is 4.39 Å². The van der Waals surface area contributed by atoms with Crippen molar-refractivity contribution in [3.8, 4) is 0 Å². The Balaban J connectivity index is 2.08. The summed E-state index contributed by atoms with van der Waals surface area (Å²) in [5.74, 6) is 1.68. The van der Waals surface area contributed by atoms with E-state index in [0.717, 1.165) is 30.2 Å². The number of nitrogens with one attached hydrogen (secondary N) is 1. The molecule has 106 valence electrons. The lowest BCUT2D eigenvalue weighted by Crippen LogP contribution is -2.46. The predicted molar refractivity (Wildman–Crippen MR) is 79.6 cm³/mol. The SMILES string of the molecule is CCNC(Cc1cccc(F)c1Cl)C1CSCCO1. The molecule has 0 saturated carbocycles. The minimum atomic E-state index is -0.353. The van der Waals surface area contributed by atoms with Gasteiger partial charge in [0.1, 0.15) is 5.82 Å². The molecule has 2 rings (SSSR count). The Morgan fingerprint density at radius 1 is 1.58 bits per heavy atom. The highest BCUT2D eigenvalue weighted by molar-refractivity contribution is 7.99. The molecule has 0 bridgehead atoms. The molecule has 5 heteroatoms. The number of benzene rings is 1. The van der Waals surface area contributed by atoms with Crippen LogP contribution in [-0.4, -0.2) is 36.8 Å². The zero-order valence-corrected chi connectivity index (χ0v) is 12.6. The van der Waals surface area contributed by atoms with E-state index in [4.69, 9.17) is 16.3 Å². The van der Waals surface area contributed by atoms with E-state index in [9.17, 15) is 4.39 Å². The second kappa shape index (κ2) is 7.48. The topological polar surface area (TPSA) is 21.3 Å². The fraction of sp³-hybridized carbons (Fsp3) is 0.571. The Hall–Kier alpha value is -0.290. The van der Waals surface area contributed by atoms with Gasteiger partial charge in [-0.25, -0.2) is 4.39 Å². The summed E-state index contributed by atoms with van der Waals surface area (Å²) < 4.78 is 19.3. The number of thioether (sulfide) groups is 1. The van der Waals surface area contributed by atoms with Crippen LogP contribution in [0.5, 0.6) is 0 Å². The summed E-state index contributed by atoms with van der Waals surface area (Å²) in [6.45, 7) is 3.71. The Morgan fingerprint density at radius 3 is 3.11 bits per heavy atom. The first-order valence-corrected chi connectivity index (χ1v) is 8.11. The number of hydrogen-bond acceptors (Lipinski definition) is 3. The Bertz CT molecular complexity index is 412. The normalized spacial score (nSPS) is 21.3. The number of hydrogen-bond donors (Lipinski definition) is 1. The molecule has 1 fully saturated rings. The molecule has 2 atom stereocenters. The fourth-order valence-electron chi connectivity index (χ4n) is 2.28. The van der Waals surface area contributed by atoms with Crippen LogP contribution in [0, 0.1) is 5.82 Å². The van der Waals surface area contributed by atoms with E-state index < -0.39 is 0 Å². The highest BCUT2D eigenvalue weighted by Gasteiger charge is 2.25. The van der Waals surface area contributed by atoms with Crippen LogP contribution in [0.2, 0.25) is 5.02 Å². The van der Waals surface area contributed by atoms with Gasteiger partial charge in [-0.3, -0.25) is 0 Å². The fourth-order valence-corrected chi connectivity index (χ4v) is 3.42. The lowest BCUT2D eigenvalue weighted by atomic mass is 10.0. The summed E-state index contributed by atoms with van der Waals surface area (Å²) in [5.41, 5.74) is 0.840. The summed E-state index contributed by atoms with van der Waals surface area (Å²) in [7, 11) is 0. The summed E-state index contributed by atoms with van der Waals surface area (Å²) >= 11 is 7.93. The lowest BCUT2D eigenvalue weighted by molar-refractivity contribution is 0.0476. The number of halogens is 2. The molecule has 1 aromatic carbocycles. The molecule has 0 amide bonds. The first kappa shape index (κ1) is 15.1. The van der Waals surface area contributed by atoms with Crippen LogP contribution in [0.15, 0.2) is 18.2 Å².